The predicted molar refractivity (Wildman–Crippen MR) is 119 cm³/mol. The van der Waals surface area contributed by atoms with E-state index in [4.69, 9.17) is 4.74 Å². The monoisotopic (exact) mass is 404 g/mol. The molecule has 5 heteroatoms. The van der Waals surface area contributed by atoms with Crippen LogP contribution >= 0.6 is 0 Å². The molecule has 1 aromatic carbocycles. The zero-order chi connectivity index (χ0) is 21.3. The number of carbonyl (C=O) groups excluding carboxylic acids is 1. The van der Waals surface area contributed by atoms with Crippen LogP contribution in [0.25, 0.3) is 22.8 Å². The molecule has 1 heterocycles. The minimum atomic E-state index is -0.368. The van der Waals surface area contributed by atoms with E-state index in [-0.39, 0.29) is 11.7 Å². The molecule has 0 spiro atoms. The lowest BCUT2D eigenvalue weighted by atomic mass is 10.0. The summed E-state index contributed by atoms with van der Waals surface area (Å²) < 4.78 is 19.6. The average molecular weight is 404 g/mol. The van der Waals surface area contributed by atoms with E-state index in [0.717, 1.165) is 41.0 Å². The van der Waals surface area contributed by atoms with Crippen molar-refractivity contribution in [3.63, 3.8) is 0 Å². The van der Waals surface area contributed by atoms with Gasteiger partial charge in [-0.3, -0.25) is 4.79 Å². The third-order valence-electron chi connectivity index (χ3n) is 5.29. The van der Waals surface area contributed by atoms with Crippen molar-refractivity contribution in [3.05, 3.63) is 71.0 Å². The van der Waals surface area contributed by atoms with Crippen molar-refractivity contribution < 1.29 is 13.9 Å². The fourth-order valence-corrected chi connectivity index (χ4v) is 3.89. The summed E-state index contributed by atoms with van der Waals surface area (Å²) in [4.78, 5) is 14.7. The van der Waals surface area contributed by atoms with Gasteiger partial charge < -0.3 is 15.0 Å². The average Bonchev–Trinajstić information content (AvgIpc) is 3.06. The molecule has 0 bridgehead atoms. The minimum Gasteiger partial charge on any atom is -0.493 e. The van der Waals surface area contributed by atoms with Gasteiger partial charge in [0.15, 0.2) is 0 Å². The number of hydrogen-bond acceptors (Lipinski definition) is 3. The Morgan fingerprint density at radius 2 is 1.90 bits per heavy atom. The van der Waals surface area contributed by atoms with E-state index in [2.05, 4.69) is 23.2 Å². The standard InChI is InChI=1S/C25H25FN2O2/c1-16-13-17(14-21-20-10-9-18(26)15-22(20)27-25(21)29)19-7-4-5-8-23(24(16)19)30-12-6-11-28(2)3/h4-5,7-10,13-15H,6,11-12H2,1-3H3,(H,27,29)/b21-14-. The van der Waals surface area contributed by atoms with Crippen LogP contribution in [0.1, 0.15) is 23.1 Å². The van der Waals surface area contributed by atoms with Gasteiger partial charge in [0.1, 0.15) is 11.6 Å². The zero-order valence-electron chi connectivity index (χ0n) is 17.5. The van der Waals surface area contributed by atoms with Crippen LogP contribution in [-0.4, -0.2) is 38.1 Å². The summed E-state index contributed by atoms with van der Waals surface area (Å²) in [5.41, 5.74) is 5.87. The second-order valence-electron chi connectivity index (χ2n) is 7.86. The van der Waals surface area contributed by atoms with Crippen LogP contribution in [-0.2, 0) is 4.79 Å². The molecule has 0 saturated carbocycles. The van der Waals surface area contributed by atoms with E-state index in [1.807, 2.05) is 44.4 Å². The Kier molecular flexibility index (Phi) is 5.55. The Morgan fingerprint density at radius 3 is 2.70 bits per heavy atom. The Hall–Kier alpha value is -3.18. The Labute approximate surface area is 176 Å². The summed E-state index contributed by atoms with van der Waals surface area (Å²) >= 11 is 0. The number of hydrogen-bond donors (Lipinski definition) is 1. The molecule has 4 rings (SSSR count). The van der Waals surface area contributed by atoms with Crippen molar-refractivity contribution in [2.75, 3.05) is 32.6 Å². The maximum absolute atomic E-state index is 13.5. The largest absolute Gasteiger partial charge is 0.493 e. The van der Waals surface area contributed by atoms with E-state index in [0.29, 0.717) is 23.4 Å². The van der Waals surface area contributed by atoms with Crippen LogP contribution in [0.2, 0.25) is 0 Å². The first-order chi connectivity index (χ1) is 14.4. The SMILES string of the molecule is Cc1cc(/C=C2\C(=O)Nc3cc(F)ccc32)c2ccccc(OCCCN(C)C)c1-2. The molecule has 0 unspecified atom stereocenters. The van der Waals surface area contributed by atoms with Gasteiger partial charge in [0.25, 0.3) is 5.91 Å². The lowest BCUT2D eigenvalue weighted by Crippen LogP contribution is -2.15. The fraction of sp³-hybridized carbons (Fsp3) is 0.240. The topological polar surface area (TPSA) is 41.6 Å². The smallest absolute Gasteiger partial charge is 0.256 e. The van der Waals surface area contributed by atoms with Crippen molar-refractivity contribution in [1.82, 2.24) is 4.90 Å². The third-order valence-corrected chi connectivity index (χ3v) is 5.29. The number of nitrogens with one attached hydrogen (secondary N) is 1. The molecular formula is C25H25FN2O2. The maximum atomic E-state index is 13.5. The number of halogens is 1. The number of rotatable bonds is 6. The molecule has 0 saturated heterocycles. The van der Waals surface area contributed by atoms with Crippen LogP contribution in [0, 0.1) is 12.7 Å². The molecular weight excluding hydrogens is 379 g/mol. The van der Waals surface area contributed by atoms with E-state index >= 15 is 0 Å². The number of aryl methyl sites for hydroxylation is 1. The summed E-state index contributed by atoms with van der Waals surface area (Å²) in [6.07, 6.45) is 2.82. The van der Waals surface area contributed by atoms with Crippen LogP contribution in [0.15, 0.2) is 48.5 Å². The van der Waals surface area contributed by atoms with Gasteiger partial charge >= 0.3 is 0 Å². The highest BCUT2D eigenvalue weighted by Gasteiger charge is 2.26. The highest BCUT2D eigenvalue weighted by molar-refractivity contribution is 6.35. The highest BCUT2D eigenvalue weighted by atomic mass is 19.1. The number of amides is 1. The van der Waals surface area contributed by atoms with Crippen molar-refractivity contribution in [3.8, 4) is 16.9 Å². The molecule has 1 aliphatic heterocycles. The van der Waals surface area contributed by atoms with Gasteiger partial charge in [0.2, 0.25) is 0 Å². The van der Waals surface area contributed by atoms with E-state index in [1.165, 1.54) is 12.1 Å². The van der Waals surface area contributed by atoms with Gasteiger partial charge in [-0.1, -0.05) is 24.3 Å². The summed E-state index contributed by atoms with van der Waals surface area (Å²) in [6.45, 7) is 3.66. The molecule has 154 valence electrons. The number of fused-ring (bicyclic) bond motifs is 2. The first-order valence-electron chi connectivity index (χ1n) is 10.1. The van der Waals surface area contributed by atoms with Crippen molar-refractivity contribution >= 4 is 23.2 Å². The third kappa shape index (κ3) is 3.94. The molecule has 0 atom stereocenters. The molecule has 1 amide bonds. The van der Waals surface area contributed by atoms with Crippen LogP contribution < -0.4 is 10.1 Å². The summed E-state index contributed by atoms with van der Waals surface area (Å²) in [6, 6.07) is 14.4. The first-order valence-corrected chi connectivity index (χ1v) is 10.1. The van der Waals surface area contributed by atoms with Crippen LogP contribution in [0.5, 0.6) is 5.75 Å². The molecule has 0 radical (unpaired) electrons. The van der Waals surface area contributed by atoms with Gasteiger partial charge in [-0.25, -0.2) is 4.39 Å². The van der Waals surface area contributed by atoms with Crippen LogP contribution in [0.4, 0.5) is 10.1 Å². The lowest BCUT2D eigenvalue weighted by molar-refractivity contribution is -0.110. The van der Waals surface area contributed by atoms with Gasteiger partial charge in [-0.05, 0) is 74.5 Å². The predicted octanol–water partition coefficient (Wildman–Crippen LogP) is 5.06. The molecule has 2 aliphatic carbocycles. The van der Waals surface area contributed by atoms with Gasteiger partial charge in [0.05, 0.1) is 12.3 Å². The van der Waals surface area contributed by atoms with Crippen molar-refractivity contribution in [1.29, 1.82) is 0 Å². The number of ether oxygens (including phenoxy) is 1. The van der Waals surface area contributed by atoms with Crippen molar-refractivity contribution in [2.45, 2.75) is 13.3 Å². The van der Waals surface area contributed by atoms with E-state index in [9.17, 15) is 9.18 Å². The number of carbonyl (C=O) groups is 1. The molecule has 4 nitrogen and oxygen atoms in total. The van der Waals surface area contributed by atoms with E-state index in [1.54, 1.807) is 6.07 Å². The quantitative estimate of drug-likeness (QED) is 0.461. The van der Waals surface area contributed by atoms with Gasteiger partial charge in [0, 0.05) is 23.2 Å². The molecule has 30 heavy (non-hydrogen) atoms. The molecule has 0 fully saturated rings. The normalized spacial score (nSPS) is 14.4. The molecule has 0 aromatic heterocycles. The van der Waals surface area contributed by atoms with E-state index < -0.39 is 0 Å². The van der Waals surface area contributed by atoms with Gasteiger partial charge in [-0.2, -0.15) is 0 Å². The Bertz CT molecular complexity index is 1100. The second kappa shape index (κ2) is 8.28. The van der Waals surface area contributed by atoms with Crippen molar-refractivity contribution in [2.24, 2.45) is 0 Å². The molecule has 1 aromatic rings. The Morgan fingerprint density at radius 1 is 1.10 bits per heavy atom. The van der Waals surface area contributed by atoms with Crippen LogP contribution in [0.3, 0.4) is 0 Å². The number of anilines is 1. The number of benzene rings is 1. The summed E-state index contributed by atoms with van der Waals surface area (Å²) in [5, 5.41) is 2.75. The number of nitrogens with zero attached hydrogens (tertiary/aromatic N) is 1. The maximum Gasteiger partial charge on any atom is 0.256 e. The lowest BCUT2D eigenvalue weighted by Gasteiger charge is -2.12. The summed E-state index contributed by atoms with van der Waals surface area (Å²) in [5.74, 6) is 0.255. The Balaban J connectivity index is 1.69. The van der Waals surface area contributed by atoms with Gasteiger partial charge in [-0.15, -0.1) is 0 Å². The minimum absolute atomic E-state index is 0.219. The fourth-order valence-electron chi connectivity index (χ4n) is 3.89. The molecule has 3 aliphatic rings. The first kappa shape index (κ1) is 20.1. The zero-order valence-corrected chi connectivity index (χ0v) is 17.5. The summed E-state index contributed by atoms with van der Waals surface area (Å²) in [7, 11) is 4.10. The second-order valence-corrected chi connectivity index (χ2v) is 7.86. The molecule has 1 N–H and O–H groups in total. The highest BCUT2D eigenvalue weighted by Crippen LogP contribution is 2.41.